The summed E-state index contributed by atoms with van der Waals surface area (Å²) in [6.45, 7) is 2.38. The maximum atomic E-state index is 11.9. The molecule has 1 atom stereocenters. The van der Waals surface area contributed by atoms with Crippen LogP contribution in [-0.4, -0.2) is 44.0 Å². The molecule has 1 aromatic rings. The Morgan fingerprint density at radius 2 is 2.05 bits per heavy atom. The number of hydrogen-bond donors (Lipinski definition) is 1. The number of amides is 1. The van der Waals surface area contributed by atoms with Gasteiger partial charge >= 0.3 is 5.97 Å². The van der Waals surface area contributed by atoms with E-state index in [1.807, 2.05) is 0 Å². The van der Waals surface area contributed by atoms with E-state index < -0.39 is 0 Å². The molecule has 0 heterocycles. The smallest absolute Gasteiger partial charge is 0.309 e. The number of likely N-dealkylation sites (N-methyl/N-ethyl adjacent to an activating group) is 1. The van der Waals surface area contributed by atoms with Crippen LogP contribution in [0.2, 0.25) is 5.02 Å². The van der Waals surface area contributed by atoms with Crippen molar-refractivity contribution in [2.75, 3.05) is 32.6 Å². The predicted molar refractivity (Wildman–Crippen MR) is 78.8 cm³/mol. The van der Waals surface area contributed by atoms with Gasteiger partial charge in [0.15, 0.2) is 0 Å². The van der Waals surface area contributed by atoms with E-state index >= 15 is 0 Å². The summed E-state index contributed by atoms with van der Waals surface area (Å²) < 4.78 is 4.65. The van der Waals surface area contributed by atoms with Gasteiger partial charge in [-0.3, -0.25) is 14.5 Å². The monoisotopic (exact) mass is 298 g/mol. The number of carbonyl (C=O) groups is 2. The zero-order chi connectivity index (χ0) is 15.1. The minimum absolute atomic E-state index is 0.173. The lowest BCUT2D eigenvalue weighted by Gasteiger charge is -2.19. The SMILES string of the molecule is COC(=O)C(C)CN(C)CC(=O)Nc1ccccc1Cl. The molecule has 0 aliphatic heterocycles. The summed E-state index contributed by atoms with van der Waals surface area (Å²) in [7, 11) is 3.12. The molecule has 1 N–H and O–H groups in total. The molecule has 0 fully saturated rings. The summed E-state index contributed by atoms with van der Waals surface area (Å²) in [5, 5.41) is 3.22. The molecule has 1 aromatic carbocycles. The fourth-order valence-electron chi connectivity index (χ4n) is 1.81. The normalized spacial score (nSPS) is 12.1. The maximum absolute atomic E-state index is 11.9. The van der Waals surface area contributed by atoms with Gasteiger partial charge in [-0.25, -0.2) is 0 Å². The van der Waals surface area contributed by atoms with Crippen LogP contribution in [0.15, 0.2) is 24.3 Å². The molecule has 20 heavy (non-hydrogen) atoms. The van der Waals surface area contributed by atoms with Crippen LogP contribution in [0.5, 0.6) is 0 Å². The fraction of sp³-hybridized carbons (Fsp3) is 0.429. The Hall–Kier alpha value is -1.59. The molecule has 1 unspecified atom stereocenters. The maximum Gasteiger partial charge on any atom is 0.309 e. The standard InChI is InChI=1S/C14H19ClN2O3/c1-10(14(19)20-3)8-17(2)9-13(18)16-12-7-5-4-6-11(12)15/h4-7,10H,8-9H2,1-3H3,(H,16,18). The van der Waals surface area contributed by atoms with Crippen molar-refractivity contribution in [2.24, 2.45) is 5.92 Å². The highest BCUT2D eigenvalue weighted by atomic mass is 35.5. The average molecular weight is 299 g/mol. The summed E-state index contributed by atoms with van der Waals surface area (Å²) in [4.78, 5) is 24.9. The third kappa shape index (κ3) is 5.19. The molecule has 0 saturated carbocycles. The molecule has 0 aromatic heterocycles. The zero-order valence-corrected chi connectivity index (χ0v) is 12.6. The Labute approximate surface area is 123 Å². The van der Waals surface area contributed by atoms with Crippen LogP contribution in [0.25, 0.3) is 0 Å². The van der Waals surface area contributed by atoms with E-state index in [2.05, 4.69) is 10.1 Å². The number of nitrogens with one attached hydrogen (secondary N) is 1. The first-order valence-electron chi connectivity index (χ1n) is 6.24. The van der Waals surface area contributed by atoms with Crippen LogP contribution in [0.1, 0.15) is 6.92 Å². The van der Waals surface area contributed by atoms with Gasteiger partial charge in [0.25, 0.3) is 0 Å². The van der Waals surface area contributed by atoms with Gasteiger partial charge in [-0.15, -0.1) is 0 Å². The van der Waals surface area contributed by atoms with Crippen molar-refractivity contribution in [3.8, 4) is 0 Å². The number of para-hydroxylation sites is 1. The lowest BCUT2D eigenvalue weighted by atomic mass is 10.2. The third-order valence-corrected chi connectivity index (χ3v) is 3.08. The Morgan fingerprint density at radius 1 is 1.40 bits per heavy atom. The molecule has 0 aliphatic rings. The van der Waals surface area contributed by atoms with Crippen LogP contribution in [0.3, 0.4) is 0 Å². The van der Waals surface area contributed by atoms with Gasteiger partial charge in [-0.05, 0) is 19.2 Å². The largest absolute Gasteiger partial charge is 0.469 e. The van der Waals surface area contributed by atoms with Crippen molar-refractivity contribution < 1.29 is 14.3 Å². The molecule has 110 valence electrons. The first-order valence-corrected chi connectivity index (χ1v) is 6.62. The van der Waals surface area contributed by atoms with E-state index in [1.54, 1.807) is 43.1 Å². The topological polar surface area (TPSA) is 58.6 Å². The number of anilines is 1. The molecular formula is C14H19ClN2O3. The number of esters is 1. The molecule has 0 spiro atoms. The molecule has 6 heteroatoms. The summed E-state index contributed by atoms with van der Waals surface area (Å²) in [5.41, 5.74) is 0.577. The number of rotatable bonds is 6. The summed E-state index contributed by atoms with van der Waals surface area (Å²) >= 11 is 5.96. The summed E-state index contributed by atoms with van der Waals surface area (Å²) in [6, 6.07) is 7.03. The average Bonchev–Trinajstić information content (AvgIpc) is 2.40. The molecule has 0 saturated heterocycles. The molecule has 0 bridgehead atoms. The molecule has 1 amide bonds. The minimum Gasteiger partial charge on any atom is -0.469 e. The van der Waals surface area contributed by atoms with E-state index in [0.717, 1.165) is 0 Å². The number of halogens is 1. The number of benzene rings is 1. The third-order valence-electron chi connectivity index (χ3n) is 2.75. The number of ether oxygens (including phenoxy) is 1. The van der Waals surface area contributed by atoms with Gasteiger partial charge in [-0.1, -0.05) is 30.7 Å². The van der Waals surface area contributed by atoms with E-state index in [0.29, 0.717) is 17.3 Å². The van der Waals surface area contributed by atoms with E-state index in [1.165, 1.54) is 7.11 Å². The van der Waals surface area contributed by atoms with Gasteiger partial charge in [0.2, 0.25) is 5.91 Å². The van der Waals surface area contributed by atoms with Gasteiger partial charge in [0.05, 0.1) is 30.3 Å². The summed E-state index contributed by atoms with van der Waals surface area (Å²) in [5.74, 6) is -0.751. The second kappa shape index (κ2) is 7.87. The van der Waals surface area contributed by atoms with E-state index in [9.17, 15) is 9.59 Å². The van der Waals surface area contributed by atoms with Crippen LogP contribution in [0.4, 0.5) is 5.69 Å². The van der Waals surface area contributed by atoms with Crippen molar-refractivity contribution in [3.05, 3.63) is 29.3 Å². The van der Waals surface area contributed by atoms with Crippen LogP contribution in [-0.2, 0) is 14.3 Å². The van der Waals surface area contributed by atoms with Gasteiger partial charge in [-0.2, -0.15) is 0 Å². The fourth-order valence-corrected chi connectivity index (χ4v) is 1.99. The van der Waals surface area contributed by atoms with Crippen molar-refractivity contribution >= 4 is 29.2 Å². The first-order chi connectivity index (χ1) is 9.43. The number of nitrogens with zero attached hydrogens (tertiary/aromatic N) is 1. The highest BCUT2D eigenvalue weighted by Gasteiger charge is 2.17. The van der Waals surface area contributed by atoms with E-state index in [4.69, 9.17) is 11.6 Å². The van der Waals surface area contributed by atoms with Crippen molar-refractivity contribution in [2.45, 2.75) is 6.92 Å². The quantitative estimate of drug-likeness (QED) is 0.816. The predicted octanol–water partition coefficient (Wildman–Crippen LogP) is 2.02. The Kier molecular flexibility index (Phi) is 6.48. The molecule has 0 aliphatic carbocycles. The Bertz CT molecular complexity index is 479. The molecule has 0 radical (unpaired) electrons. The molecule has 1 rings (SSSR count). The van der Waals surface area contributed by atoms with Crippen molar-refractivity contribution in [1.82, 2.24) is 4.90 Å². The van der Waals surface area contributed by atoms with Gasteiger partial charge in [0, 0.05) is 6.54 Å². The first kappa shape index (κ1) is 16.5. The summed E-state index contributed by atoms with van der Waals surface area (Å²) in [6.07, 6.45) is 0. The Balaban J connectivity index is 2.46. The second-order valence-electron chi connectivity index (χ2n) is 4.65. The molecular weight excluding hydrogens is 280 g/mol. The molecule has 5 nitrogen and oxygen atoms in total. The lowest BCUT2D eigenvalue weighted by molar-refractivity contribution is -0.145. The minimum atomic E-state index is -0.289. The lowest BCUT2D eigenvalue weighted by Crippen LogP contribution is -2.35. The number of carbonyl (C=O) groups excluding carboxylic acids is 2. The van der Waals surface area contributed by atoms with Crippen molar-refractivity contribution in [1.29, 1.82) is 0 Å². The van der Waals surface area contributed by atoms with E-state index in [-0.39, 0.29) is 24.3 Å². The van der Waals surface area contributed by atoms with Gasteiger partial charge in [0.1, 0.15) is 0 Å². The Morgan fingerprint density at radius 3 is 2.65 bits per heavy atom. The van der Waals surface area contributed by atoms with Crippen LogP contribution < -0.4 is 5.32 Å². The highest BCUT2D eigenvalue weighted by Crippen LogP contribution is 2.20. The van der Waals surface area contributed by atoms with Gasteiger partial charge < -0.3 is 10.1 Å². The van der Waals surface area contributed by atoms with Crippen molar-refractivity contribution in [3.63, 3.8) is 0 Å². The highest BCUT2D eigenvalue weighted by molar-refractivity contribution is 6.33. The van der Waals surface area contributed by atoms with Crippen LogP contribution >= 0.6 is 11.6 Å². The number of hydrogen-bond acceptors (Lipinski definition) is 4. The number of methoxy groups -OCH3 is 1. The zero-order valence-electron chi connectivity index (χ0n) is 11.9. The second-order valence-corrected chi connectivity index (χ2v) is 5.06. The van der Waals surface area contributed by atoms with Crippen LogP contribution in [0, 0.1) is 5.92 Å².